The molecule has 12 atom stereocenters. The van der Waals surface area contributed by atoms with Gasteiger partial charge in [-0.3, -0.25) is 9.35 Å². The Kier molecular flexibility index (Phi) is 7.92. The molecule has 2 unspecified atom stereocenters. The topological polar surface area (TPSA) is 164 Å². The Bertz CT molecular complexity index is 883. The Morgan fingerprint density at radius 3 is 2.43 bits per heavy atom. The molecular weight excluding hydrogens is 474 g/mol. The van der Waals surface area contributed by atoms with Gasteiger partial charge in [0.05, 0.1) is 30.2 Å². The third kappa shape index (κ3) is 5.29. The van der Waals surface area contributed by atoms with Crippen molar-refractivity contribution in [2.75, 3.05) is 12.3 Å². The fourth-order valence-corrected chi connectivity index (χ4v) is 8.98. The number of carbonyl (C=O) groups is 1. The average Bonchev–Trinajstić information content (AvgIpc) is 3.22. The van der Waals surface area contributed by atoms with Crippen molar-refractivity contribution in [1.82, 2.24) is 5.32 Å². The van der Waals surface area contributed by atoms with E-state index < -0.39 is 40.3 Å². The van der Waals surface area contributed by atoms with Crippen LogP contribution in [0.15, 0.2) is 0 Å². The van der Waals surface area contributed by atoms with E-state index in [0.29, 0.717) is 25.7 Å². The fraction of sp³-hybridized carbons (Fsp3) is 0.960. The Morgan fingerprint density at radius 2 is 1.74 bits per heavy atom. The van der Waals surface area contributed by atoms with Crippen molar-refractivity contribution in [3.8, 4) is 0 Å². The number of hydrogen-bond acceptors (Lipinski definition) is 7. The molecule has 1 amide bonds. The summed E-state index contributed by atoms with van der Waals surface area (Å²) in [6, 6.07) is 0. The Labute approximate surface area is 208 Å². The molecule has 4 fully saturated rings. The van der Waals surface area contributed by atoms with Crippen molar-refractivity contribution in [2.45, 2.75) is 89.6 Å². The predicted molar refractivity (Wildman–Crippen MR) is 129 cm³/mol. The summed E-state index contributed by atoms with van der Waals surface area (Å²) in [5, 5.41) is 46.5. The smallest absolute Gasteiger partial charge is 0.266 e. The highest BCUT2D eigenvalue weighted by Gasteiger charge is 2.64. The third-order valence-electron chi connectivity index (χ3n) is 10.4. The maximum Gasteiger partial charge on any atom is 0.266 e. The highest BCUT2D eigenvalue weighted by Crippen LogP contribution is 2.64. The number of aliphatic hydroxyl groups excluding tert-OH is 4. The summed E-state index contributed by atoms with van der Waals surface area (Å²) < 4.78 is 30.4. The van der Waals surface area contributed by atoms with Crippen molar-refractivity contribution in [2.24, 2.45) is 46.8 Å². The molecule has 0 radical (unpaired) electrons. The van der Waals surface area contributed by atoms with Crippen LogP contribution in [-0.2, 0) is 14.9 Å². The van der Waals surface area contributed by atoms with Crippen LogP contribution in [0.1, 0.15) is 65.2 Å². The molecule has 0 heterocycles. The molecular formula is C25H43NO8S. The highest BCUT2D eigenvalue weighted by molar-refractivity contribution is 7.85. The van der Waals surface area contributed by atoms with Gasteiger partial charge in [0.15, 0.2) is 0 Å². The quantitative estimate of drug-likeness (QED) is 0.272. The molecule has 10 heteroatoms. The minimum Gasteiger partial charge on any atom is -0.393 e. The van der Waals surface area contributed by atoms with Gasteiger partial charge in [0.2, 0.25) is 5.91 Å². The summed E-state index contributed by atoms with van der Waals surface area (Å²) in [6.07, 6.45) is 2.54. The van der Waals surface area contributed by atoms with E-state index in [1.54, 1.807) is 0 Å². The zero-order chi connectivity index (χ0) is 25.7. The van der Waals surface area contributed by atoms with Crippen molar-refractivity contribution in [3.05, 3.63) is 0 Å². The van der Waals surface area contributed by atoms with Gasteiger partial charge >= 0.3 is 0 Å². The fourth-order valence-electron chi connectivity index (χ4n) is 8.62. The Morgan fingerprint density at radius 1 is 1.03 bits per heavy atom. The number of amides is 1. The van der Waals surface area contributed by atoms with Gasteiger partial charge in [-0.1, -0.05) is 13.8 Å². The average molecular weight is 518 g/mol. The molecule has 0 aliphatic heterocycles. The zero-order valence-corrected chi connectivity index (χ0v) is 21.6. The van der Waals surface area contributed by atoms with Crippen molar-refractivity contribution < 1.29 is 38.2 Å². The number of carbonyl (C=O) groups excluding carboxylic acids is 1. The lowest BCUT2D eigenvalue weighted by Gasteiger charge is -2.62. The van der Waals surface area contributed by atoms with Crippen molar-refractivity contribution >= 4 is 16.0 Å². The maximum atomic E-state index is 12.1. The Balaban J connectivity index is 1.41. The molecule has 0 saturated heterocycles. The lowest BCUT2D eigenvalue weighted by molar-refractivity contribution is -0.227. The molecule has 0 aromatic carbocycles. The van der Waals surface area contributed by atoms with E-state index >= 15 is 0 Å². The molecule has 0 aromatic rings. The standard InChI is InChI=1S/C25H43NO8S/c1-13(3-6-20(29)26-9-10-35(32,33)34)15-4-5-16-21(15)19(28)12-17-22(16)24(31)23(30)18-11-14(27)7-8-25(17,18)2/h13-19,21-24,27-28,30-31H,3-12H2,1-2H3,(H,26,29)(H,32,33,34)/t13?,14-,15?,16-,17+,18+,19+,21-,22+,23-,24+,25-/m1/s1. The molecule has 35 heavy (non-hydrogen) atoms. The van der Waals surface area contributed by atoms with E-state index in [1.165, 1.54) is 0 Å². The van der Waals surface area contributed by atoms with E-state index in [0.717, 1.165) is 19.3 Å². The number of fused-ring (bicyclic) bond motifs is 5. The summed E-state index contributed by atoms with van der Waals surface area (Å²) >= 11 is 0. The lowest BCUT2D eigenvalue weighted by atomic mass is 9.45. The van der Waals surface area contributed by atoms with Gasteiger partial charge in [-0.05, 0) is 91.8 Å². The molecule has 4 saturated carbocycles. The minimum atomic E-state index is -4.11. The number of aliphatic hydroxyl groups is 4. The van der Waals surface area contributed by atoms with Gasteiger partial charge < -0.3 is 25.7 Å². The molecule has 0 aromatic heterocycles. The second-order valence-corrected chi connectivity index (χ2v) is 13.7. The van der Waals surface area contributed by atoms with Gasteiger partial charge in [-0.15, -0.1) is 0 Å². The van der Waals surface area contributed by atoms with Crippen LogP contribution in [0.5, 0.6) is 0 Å². The number of nitrogens with one attached hydrogen (secondary N) is 1. The zero-order valence-electron chi connectivity index (χ0n) is 20.8. The molecule has 9 nitrogen and oxygen atoms in total. The molecule has 4 aliphatic rings. The van der Waals surface area contributed by atoms with E-state index in [-0.39, 0.29) is 65.7 Å². The first-order chi connectivity index (χ1) is 16.3. The van der Waals surface area contributed by atoms with E-state index in [9.17, 15) is 33.6 Å². The van der Waals surface area contributed by atoms with Crippen LogP contribution in [0.4, 0.5) is 0 Å². The third-order valence-corrected chi connectivity index (χ3v) is 11.1. The summed E-state index contributed by atoms with van der Waals surface area (Å²) in [5.41, 5.74) is -0.210. The summed E-state index contributed by atoms with van der Waals surface area (Å²) in [4.78, 5) is 12.1. The van der Waals surface area contributed by atoms with Gasteiger partial charge in [0.1, 0.15) is 0 Å². The van der Waals surface area contributed by atoms with Crippen LogP contribution in [0.3, 0.4) is 0 Å². The SMILES string of the molecule is CC(CCC(=O)NCCS(=O)(=O)O)C1CC[C@@H]2[C@@H]1[C@@H](O)C[C@H]1[C@H]2[C@H](O)[C@H](O)[C@@H]2C[C@H](O)CC[C@@]21C. The molecule has 0 bridgehead atoms. The summed E-state index contributed by atoms with van der Waals surface area (Å²) in [7, 11) is -4.11. The van der Waals surface area contributed by atoms with Crippen LogP contribution in [0.2, 0.25) is 0 Å². The largest absolute Gasteiger partial charge is 0.393 e. The van der Waals surface area contributed by atoms with Crippen LogP contribution in [0.25, 0.3) is 0 Å². The number of rotatable bonds is 7. The monoisotopic (exact) mass is 517 g/mol. The van der Waals surface area contributed by atoms with E-state index in [2.05, 4.69) is 19.2 Å². The molecule has 6 N–H and O–H groups in total. The van der Waals surface area contributed by atoms with Crippen LogP contribution in [-0.4, -0.2) is 76.0 Å². The van der Waals surface area contributed by atoms with Gasteiger partial charge in [-0.25, -0.2) is 0 Å². The van der Waals surface area contributed by atoms with Gasteiger partial charge in [-0.2, -0.15) is 8.42 Å². The van der Waals surface area contributed by atoms with E-state index in [4.69, 9.17) is 4.55 Å². The summed E-state index contributed by atoms with van der Waals surface area (Å²) in [6.45, 7) is 4.14. The summed E-state index contributed by atoms with van der Waals surface area (Å²) in [5.74, 6) is -0.382. The molecule has 202 valence electrons. The van der Waals surface area contributed by atoms with Crippen molar-refractivity contribution in [3.63, 3.8) is 0 Å². The first kappa shape index (κ1) is 27.3. The predicted octanol–water partition coefficient (Wildman–Crippen LogP) is 0.949. The molecule has 4 rings (SSSR count). The minimum absolute atomic E-state index is 0.0185. The van der Waals surface area contributed by atoms with Gasteiger partial charge in [0.25, 0.3) is 10.1 Å². The first-order valence-electron chi connectivity index (χ1n) is 13.3. The van der Waals surface area contributed by atoms with Crippen molar-refractivity contribution in [1.29, 1.82) is 0 Å². The highest BCUT2D eigenvalue weighted by atomic mass is 32.2. The van der Waals surface area contributed by atoms with Crippen LogP contribution < -0.4 is 5.32 Å². The van der Waals surface area contributed by atoms with Crippen LogP contribution in [0, 0.1) is 46.8 Å². The van der Waals surface area contributed by atoms with E-state index in [1.807, 2.05) is 0 Å². The Hall–Kier alpha value is -0.780. The normalized spacial score (nSPS) is 46.3. The second kappa shape index (κ2) is 10.2. The lowest BCUT2D eigenvalue weighted by Crippen LogP contribution is -2.64. The molecule has 4 aliphatic carbocycles. The number of hydrogen-bond donors (Lipinski definition) is 6. The maximum absolute atomic E-state index is 12.1. The van der Waals surface area contributed by atoms with Gasteiger partial charge in [0, 0.05) is 13.0 Å². The second-order valence-electron chi connectivity index (χ2n) is 12.1. The molecule has 0 spiro atoms. The van der Waals surface area contributed by atoms with Crippen LogP contribution >= 0.6 is 0 Å². The first-order valence-corrected chi connectivity index (χ1v) is 14.9.